The molecule has 28 heavy (non-hydrogen) atoms. The summed E-state index contributed by atoms with van der Waals surface area (Å²) in [5, 5.41) is 53.1. The summed E-state index contributed by atoms with van der Waals surface area (Å²) >= 11 is 6.71. The van der Waals surface area contributed by atoms with Crippen LogP contribution in [0.2, 0.25) is 5.02 Å². The molecule has 2 aromatic rings. The Morgan fingerprint density at radius 3 is 2.39 bits per heavy atom. The molecule has 150 valence electrons. The number of hydrogen-bond donors (Lipinski definition) is 5. The first-order valence-electron chi connectivity index (χ1n) is 8.65. The van der Waals surface area contributed by atoms with Crippen molar-refractivity contribution in [3.63, 3.8) is 0 Å². The van der Waals surface area contributed by atoms with Crippen LogP contribution in [-0.4, -0.2) is 61.5 Å². The van der Waals surface area contributed by atoms with Crippen molar-refractivity contribution >= 4 is 29.6 Å². The van der Waals surface area contributed by atoms with E-state index in [1.165, 1.54) is 18.2 Å². The molecule has 0 saturated carbocycles. The van der Waals surface area contributed by atoms with E-state index in [4.69, 9.17) is 11.6 Å². The van der Waals surface area contributed by atoms with Gasteiger partial charge in [0.15, 0.2) is 11.2 Å². The highest BCUT2D eigenvalue weighted by atomic mass is 35.5. The smallest absolute Gasteiger partial charge is 0.168 e. The second-order valence-electron chi connectivity index (χ2n) is 6.86. The number of rotatable bonds is 5. The van der Waals surface area contributed by atoms with Gasteiger partial charge in [-0.25, -0.2) is 0 Å². The van der Waals surface area contributed by atoms with Gasteiger partial charge in [0.25, 0.3) is 0 Å². The Hall–Kier alpha value is -1.45. The van der Waals surface area contributed by atoms with Gasteiger partial charge in [-0.05, 0) is 23.3 Å². The van der Waals surface area contributed by atoms with E-state index in [2.05, 4.69) is 0 Å². The maximum Gasteiger partial charge on any atom is 0.168 e. The van der Waals surface area contributed by atoms with Gasteiger partial charge in [0, 0.05) is 12.0 Å². The van der Waals surface area contributed by atoms with Gasteiger partial charge >= 0.3 is 0 Å². The van der Waals surface area contributed by atoms with Crippen LogP contribution in [0, 0.1) is 0 Å². The maximum absolute atomic E-state index is 11.6. The van der Waals surface area contributed by atoms with Crippen molar-refractivity contribution in [2.24, 2.45) is 0 Å². The highest BCUT2D eigenvalue weighted by Crippen LogP contribution is 2.53. The van der Waals surface area contributed by atoms with Crippen molar-refractivity contribution in [1.29, 1.82) is 0 Å². The number of halogens is 1. The Morgan fingerprint density at radius 1 is 1.11 bits per heavy atom. The number of aldehydes is 1. The number of thioether (sulfide) groups is 1. The van der Waals surface area contributed by atoms with Crippen molar-refractivity contribution in [1.82, 2.24) is 0 Å². The van der Waals surface area contributed by atoms with E-state index < -0.39 is 34.6 Å². The highest BCUT2D eigenvalue weighted by molar-refractivity contribution is 8.00. The van der Waals surface area contributed by atoms with Crippen molar-refractivity contribution < 1.29 is 30.3 Å². The van der Waals surface area contributed by atoms with Crippen LogP contribution in [0.1, 0.15) is 21.5 Å². The Kier molecular flexibility index (Phi) is 6.17. The predicted octanol–water partition coefficient (Wildman–Crippen LogP) is 1.10. The van der Waals surface area contributed by atoms with E-state index in [-0.39, 0.29) is 22.6 Å². The fourth-order valence-electron chi connectivity index (χ4n) is 3.52. The molecule has 1 fully saturated rings. The summed E-state index contributed by atoms with van der Waals surface area (Å²) < 4.78 is 0. The van der Waals surface area contributed by atoms with E-state index >= 15 is 0 Å². The van der Waals surface area contributed by atoms with Gasteiger partial charge in [-0.1, -0.05) is 48.0 Å². The first kappa shape index (κ1) is 21.3. The van der Waals surface area contributed by atoms with Crippen LogP contribution >= 0.6 is 23.4 Å². The third-order valence-corrected chi connectivity index (χ3v) is 7.12. The molecule has 8 heteroatoms. The van der Waals surface area contributed by atoms with E-state index in [9.17, 15) is 30.3 Å². The lowest BCUT2D eigenvalue weighted by Gasteiger charge is -2.53. The number of carbonyl (C=O) groups is 1. The molecule has 0 aliphatic carbocycles. The van der Waals surface area contributed by atoms with Crippen molar-refractivity contribution in [3.05, 3.63) is 70.2 Å². The maximum atomic E-state index is 11.6. The molecule has 5 N–H and O–H groups in total. The van der Waals surface area contributed by atoms with Gasteiger partial charge in [0.2, 0.25) is 0 Å². The molecule has 2 aromatic carbocycles. The molecule has 3 rings (SSSR count). The van der Waals surface area contributed by atoms with Crippen molar-refractivity contribution in [3.8, 4) is 0 Å². The molecule has 0 amide bonds. The molecule has 0 spiro atoms. The lowest BCUT2D eigenvalue weighted by atomic mass is 9.77. The van der Waals surface area contributed by atoms with Gasteiger partial charge < -0.3 is 25.5 Å². The monoisotopic (exact) mass is 424 g/mol. The van der Waals surface area contributed by atoms with Crippen LogP contribution in [0.3, 0.4) is 0 Å². The first-order chi connectivity index (χ1) is 13.3. The summed E-state index contributed by atoms with van der Waals surface area (Å²) in [4.78, 5) is 9.16. The molecule has 1 heterocycles. The van der Waals surface area contributed by atoms with Crippen LogP contribution in [-0.2, 0) is 11.4 Å². The molecule has 1 aliphatic rings. The Bertz CT molecular complexity index is 850. The average molecular weight is 425 g/mol. The highest BCUT2D eigenvalue weighted by Gasteiger charge is 2.63. The third-order valence-electron chi connectivity index (χ3n) is 5.11. The van der Waals surface area contributed by atoms with Crippen molar-refractivity contribution in [2.45, 2.75) is 34.4 Å². The lowest BCUT2D eigenvalue weighted by molar-refractivity contribution is -0.202. The molecule has 1 saturated heterocycles. The van der Waals surface area contributed by atoms with Gasteiger partial charge in [-0.15, -0.1) is 11.8 Å². The Balaban J connectivity index is 2.15. The van der Waals surface area contributed by atoms with E-state index in [1.54, 1.807) is 30.3 Å². The molecule has 0 aromatic heterocycles. The molecule has 5 atom stereocenters. The molecule has 1 aliphatic heterocycles. The Morgan fingerprint density at radius 2 is 1.79 bits per heavy atom. The average Bonchev–Trinajstić information content (AvgIpc) is 2.70. The number of carbonyl (C=O) groups excluding carboxylic acids is 1. The molecular weight excluding hydrogens is 404 g/mol. The number of hydrogen-bond acceptors (Lipinski definition) is 7. The quantitative estimate of drug-likeness (QED) is 0.456. The van der Waals surface area contributed by atoms with Gasteiger partial charge in [-0.2, -0.15) is 0 Å². The van der Waals surface area contributed by atoms with Crippen LogP contribution in [0.5, 0.6) is 0 Å². The number of aliphatic hydroxyl groups is 5. The first-order valence-corrected chi connectivity index (χ1v) is 9.91. The molecule has 6 nitrogen and oxygen atoms in total. The summed E-state index contributed by atoms with van der Waals surface area (Å²) in [5.74, 6) is 0. The topological polar surface area (TPSA) is 118 Å². The minimum Gasteiger partial charge on any atom is -0.395 e. The second-order valence-corrected chi connectivity index (χ2v) is 8.70. The van der Waals surface area contributed by atoms with E-state index in [0.29, 0.717) is 11.8 Å². The SMILES string of the molecule is O=Cc1cc(C2(O)S[C@H](CO)[C@@H](O)[C@H](O)[C@]2(O)Cc2ccccc2)ccc1Cl. The van der Waals surface area contributed by atoms with Crippen LogP contribution in [0.15, 0.2) is 48.5 Å². The molecule has 1 unspecified atom stereocenters. The zero-order valence-electron chi connectivity index (χ0n) is 14.8. The van der Waals surface area contributed by atoms with Crippen LogP contribution in [0.4, 0.5) is 0 Å². The van der Waals surface area contributed by atoms with Gasteiger partial charge in [-0.3, -0.25) is 4.79 Å². The van der Waals surface area contributed by atoms with Crippen LogP contribution in [0.25, 0.3) is 0 Å². The zero-order valence-corrected chi connectivity index (χ0v) is 16.3. The minimum absolute atomic E-state index is 0.108. The summed E-state index contributed by atoms with van der Waals surface area (Å²) in [5.41, 5.74) is -1.34. The second kappa shape index (κ2) is 8.12. The Labute approximate surface area is 171 Å². The summed E-state index contributed by atoms with van der Waals surface area (Å²) in [7, 11) is 0. The fourth-order valence-corrected chi connectivity index (χ4v) is 5.14. The normalized spacial score (nSPS) is 32.9. The summed E-state index contributed by atoms with van der Waals surface area (Å²) in [6.45, 7) is -0.527. The minimum atomic E-state index is -2.21. The fraction of sp³-hybridized carbons (Fsp3) is 0.350. The number of benzene rings is 2. The van der Waals surface area contributed by atoms with E-state index in [0.717, 1.165) is 11.8 Å². The zero-order chi connectivity index (χ0) is 20.5. The lowest BCUT2D eigenvalue weighted by Crippen LogP contribution is -2.68. The predicted molar refractivity (Wildman–Crippen MR) is 106 cm³/mol. The molecule has 0 radical (unpaired) electrons. The largest absolute Gasteiger partial charge is 0.395 e. The number of aliphatic hydroxyl groups excluding tert-OH is 3. The van der Waals surface area contributed by atoms with E-state index in [1.807, 2.05) is 0 Å². The third kappa shape index (κ3) is 3.48. The summed E-state index contributed by atoms with van der Waals surface area (Å²) in [6.07, 6.45) is -2.88. The standard InChI is InChI=1S/C20H21ClO6S/c21-15-7-6-14(8-13(15)10-22)20(27)19(26,9-12-4-2-1-3-5-12)18(25)17(24)16(11-23)28-20/h1-8,10,16-18,23-27H,9,11H2/t16-,17-,18+,19-,20?/m1/s1. The van der Waals surface area contributed by atoms with Crippen molar-refractivity contribution in [2.75, 3.05) is 6.61 Å². The molecular formula is C20H21ClO6S. The van der Waals surface area contributed by atoms with Gasteiger partial charge in [0.1, 0.15) is 11.7 Å². The summed E-state index contributed by atoms with van der Waals surface area (Å²) in [6, 6.07) is 12.9. The van der Waals surface area contributed by atoms with Gasteiger partial charge in [0.05, 0.1) is 23.0 Å². The van der Waals surface area contributed by atoms with Crippen LogP contribution < -0.4 is 0 Å². The molecule has 0 bridgehead atoms.